The standard InChI is InChI=1S/C20H18N4O3/c25-18(12-23-13-21-17-5-2-1-4-16(17)20(23)27)22-14-7-9-15(10-8-14)24-11-3-6-19(24)26/h1-2,4-5,7-10,13H,3,6,11-12H2,(H,22,25). The Balaban J connectivity index is 1.46. The summed E-state index contributed by atoms with van der Waals surface area (Å²) in [6.45, 7) is 0.603. The first-order chi connectivity index (χ1) is 13.1. The Morgan fingerprint density at radius 1 is 1.07 bits per heavy atom. The minimum absolute atomic E-state index is 0.120. The number of hydrogen-bond acceptors (Lipinski definition) is 4. The number of benzene rings is 2. The third-order valence-electron chi connectivity index (χ3n) is 4.58. The van der Waals surface area contributed by atoms with Gasteiger partial charge in [-0.25, -0.2) is 4.98 Å². The minimum Gasteiger partial charge on any atom is -0.325 e. The molecule has 1 aliphatic heterocycles. The predicted octanol–water partition coefficient (Wildman–Crippen LogP) is 2.16. The average molecular weight is 362 g/mol. The summed E-state index contributed by atoms with van der Waals surface area (Å²) in [6, 6.07) is 14.1. The molecule has 2 heterocycles. The van der Waals surface area contributed by atoms with Gasteiger partial charge in [0, 0.05) is 24.3 Å². The van der Waals surface area contributed by atoms with Crippen molar-refractivity contribution in [2.75, 3.05) is 16.8 Å². The molecule has 7 nitrogen and oxygen atoms in total. The Bertz CT molecular complexity index is 1070. The maximum atomic E-state index is 12.4. The van der Waals surface area contributed by atoms with Gasteiger partial charge in [0.25, 0.3) is 5.56 Å². The number of carbonyl (C=O) groups excluding carboxylic acids is 2. The lowest BCUT2D eigenvalue weighted by atomic mass is 10.2. The molecule has 4 rings (SSSR count). The van der Waals surface area contributed by atoms with E-state index in [9.17, 15) is 14.4 Å². The summed E-state index contributed by atoms with van der Waals surface area (Å²) in [7, 11) is 0. The molecule has 2 amide bonds. The van der Waals surface area contributed by atoms with E-state index in [2.05, 4.69) is 10.3 Å². The van der Waals surface area contributed by atoms with Crippen molar-refractivity contribution < 1.29 is 9.59 Å². The first kappa shape index (κ1) is 17.0. The van der Waals surface area contributed by atoms with Crippen LogP contribution in [0.1, 0.15) is 12.8 Å². The average Bonchev–Trinajstić information content (AvgIpc) is 3.11. The molecule has 0 atom stereocenters. The number of carbonyl (C=O) groups is 2. The molecule has 2 aromatic carbocycles. The van der Waals surface area contributed by atoms with Gasteiger partial charge in [0.2, 0.25) is 11.8 Å². The normalized spacial score (nSPS) is 13.9. The van der Waals surface area contributed by atoms with Gasteiger partial charge in [0.15, 0.2) is 0 Å². The second-order valence-electron chi connectivity index (χ2n) is 6.44. The van der Waals surface area contributed by atoms with Crippen molar-refractivity contribution in [3.8, 4) is 0 Å². The second kappa shape index (κ2) is 7.03. The zero-order valence-electron chi connectivity index (χ0n) is 14.6. The number of amides is 2. The first-order valence-electron chi connectivity index (χ1n) is 8.76. The molecule has 0 saturated carbocycles. The van der Waals surface area contributed by atoms with Crippen LogP contribution < -0.4 is 15.8 Å². The highest BCUT2D eigenvalue weighted by Crippen LogP contribution is 2.23. The van der Waals surface area contributed by atoms with Crippen molar-refractivity contribution in [2.45, 2.75) is 19.4 Å². The molecule has 0 unspecified atom stereocenters. The Hall–Kier alpha value is -3.48. The molecule has 1 N–H and O–H groups in total. The van der Waals surface area contributed by atoms with Crippen LogP contribution in [0.5, 0.6) is 0 Å². The minimum atomic E-state index is -0.320. The molecule has 0 bridgehead atoms. The van der Waals surface area contributed by atoms with Gasteiger partial charge in [0.05, 0.1) is 17.2 Å². The van der Waals surface area contributed by atoms with E-state index in [1.54, 1.807) is 35.2 Å². The molecule has 0 spiro atoms. The van der Waals surface area contributed by atoms with Crippen LogP contribution in [0.25, 0.3) is 10.9 Å². The molecule has 0 aliphatic carbocycles. The fraction of sp³-hybridized carbons (Fsp3) is 0.200. The van der Waals surface area contributed by atoms with Crippen LogP contribution in [-0.4, -0.2) is 27.9 Å². The van der Waals surface area contributed by atoms with Crippen LogP contribution >= 0.6 is 0 Å². The number of aromatic nitrogens is 2. The molecule has 27 heavy (non-hydrogen) atoms. The largest absolute Gasteiger partial charge is 0.325 e. The van der Waals surface area contributed by atoms with Gasteiger partial charge >= 0.3 is 0 Å². The van der Waals surface area contributed by atoms with Crippen LogP contribution in [0.15, 0.2) is 59.7 Å². The Kier molecular flexibility index (Phi) is 4.42. The van der Waals surface area contributed by atoms with Gasteiger partial charge in [0.1, 0.15) is 6.54 Å². The van der Waals surface area contributed by atoms with Crippen molar-refractivity contribution in [1.82, 2.24) is 9.55 Å². The van der Waals surface area contributed by atoms with Crippen molar-refractivity contribution in [3.63, 3.8) is 0 Å². The highest BCUT2D eigenvalue weighted by atomic mass is 16.2. The third-order valence-corrected chi connectivity index (χ3v) is 4.58. The fourth-order valence-electron chi connectivity index (χ4n) is 3.22. The summed E-state index contributed by atoms with van der Waals surface area (Å²) in [5.41, 5.74) is 1.78. The molecule has 1 aromatic heterocycles. The van der Waals surface area contributed by atoms with E-state index >= 15 is 0 Å². The summed E-state index contributed by atoms with van der Waals surface area (Å²) in [5.74, 6) is -0.200. The summed E-state index contributed by atoms with van der Waals surface area (Å²) in [5, 5.41) is 3.24. The van der Waals surface area contributed by atoms with Crippen molar-refractivity contribution >= 4 is 34.1 Å². The lowest BCUT2D eigenvalue weighted by Gasteiger charge is -2.16. The Labute approximate surface area is 155 Å². The quantitative estimate of drug-likeness (QED) is 0.771. The molecule has 136 valence electrons. The monoisotopic (exact) mass is 362 g/mol. The smallest absolute Gasteiger partial charge is 0.261 e. The van der Waals surface area contributed by atoms with Crippen molar-refractivity contribution in [2.24, 2.45) is 0 Å². The van der Waals surface area contributed by atoms with E-state index < -0.39 is 0 Å². The zero-order chi connectivity index (χ0) is 18.8. The topological polar surface area (TPSA) is 84.3 Å². The number of fused-ring (bicyclic) bond motifs is 1. The van der Waals surface area contributed by atoms with E-state index in [1.165, 1.54) is 10.9 Å². The Morgan fingerprint density at radius 2 is 1.85 bits per heavy atom. The van der Waals surface area contributed by atoms with Gasteiger partial charge < -0.3 is 10.2 Å². The van der Waals surface area contributed by atoms with E-state index in [1.807, 2.05) is 18.2 Å². The molecular weight excluding hydrogens is 344 g/mol. The SMILES string of the molecule is O=C(Cn1cnc2ccccc2c1=O)Nc1ccc(N2CCCC2=O)cc1. The number of para-hydroxylation sites is 1. The summed E-state index contributed by atoms with van der Waals surface area (Å²) in [6.07, 6.45) is 2.82. The number of nitrogens with one attached hydrogen (secondary N) is 1. The van der Waals surface area contributed by atoms with E-state index in [-0.39, 0.29) is 23.9 Å². The van der Waals surface area contributed by atoms with Gasteiger partial charge in [-0.15, -0.1) is 0 Å². The summed E-state index contributed by atoms with van der Waals surface area (Å²) in [4.78, 5) is 42.5. The first-order valence-corrected chi connectivity index (χ1v) is 8.76. The van der Waals surface area contributed by atoms with Crippen LogP contribution in [0.4, 0.5) is 11.4 Å². The third kappa shape index (κ3) is 3.44. The van der Waals surface area contributed by atoms with Crippen LogP contribution in [0.3, 0.4) is 0 Å². The van der Waals surface area contributed by atoms with E-state index in [4.69, 9.17) is 0 Å². The molecular formula is C20H18N4O3. The number of hydrogen-bond donors (Lipinski definition) is 1. The van der Waals surface area contributed by atoms with Crippen molar-refractivity contribution in [1.29, 1.82) is 0 Å². The molecule has 1 saturated heterocycles. The molecule has 1 fully saturated rings. The van der Waals surface area contributed by atoms with Crippen LogP contribution in [-0.2, 0) is 16.1 Å². The van der Waals surface area contributed by atoms with Gasteiger partial charge in [-0.2, -0.15) is 0 Å². The lowest BCUT2D eigenvalue weighted by Crippen LogP contribution is -2.28. The summed E-state index contributed by atoms with van der Waals surface area (Å²) >= 11 is 0. The predicted molar refractivity (Wildman–Crippen MR) is 103 cm³/mol. The van der Waals surface area contributed by atoms with Crippen LogP contribution in [0.2, 0.25) is 0 Å². The van der Waals surface area contributed by atoms with Crippen molar-refractivity contribution in [3.05, 3.63) is 65.2 Å². The molecule has 0 radical (unpaired) electrons. The summed E-state index contributed by atoms with van der Waals surface area (Å²) < 4.78 is 1.29. The van der Waals surface area contributed by atoms with Gasteiger partial charge in [-0.1, -0.05) is 12.1 Å². The maximum Gasteiger partial charge on any atom is 0.261 e. The second-order valence-corrected chi connectivity index (χ2v) is 6.44. The lowest BCUT2D eigenvalue weighted by molar-refractivity contribution is -0.117. The highest BCUT2D eigenvalue weighted by molar-refractivity contribution is 5.96. The number of rotatable bonds is 4. The Morgan fingerprint density at radius 3 is 2.59 bits per heavy atom. The molecule has 7 heteroatoms. The number of anilines is 2. The molecule has 3 aromatic rings. The fourth-order valence-corrected chi connectivity index (χ4v) is 3.22. The van der Waals surface area contributed by atoms with Crippen LogP contribution in [0, 0.1) is 0 Å². The molecule has 1 aliphatic rings. The highest BCUT2D eigenvalue weighted by Gasteiger charge is 2.21. The number of nitrogens with zero attached hydrogens (tertiary/aromatic N) is 3. The van der Waals surface area contributed by atoms with Gasteiger partial charge in [-0.3, -0.25) is 19.0 Å². The van der Waals surface area contributed by atoms with E-state index in [0.717, 1.165) is 18.7 Å². The van der Waals surface area contributed by atoms with E-state index in [0.29, 0.717) is 23.0 Å². The maximum absolute atomic E-state index is 12.4. The zero-order valence-corrected chi connectivity index (χ0v) is 14.6. The van der Waals surface area contributed by atoms with Gasteiger partial charge in [-0.05, 0) is 42.8 Å².